The van der Waals surface area contributed by atoms with Crippen LogP contribution in [0.3, 0.4) is 0 Å². The number of nitrogens with zero attached hydrogens (tertiary/aromatic N) is 3. The number of hydrogen-bond acceptors (Lipinski definition) is 2. The van der Waals surface area contributed by atoms with Gasteiger partial charge in [0.25, 0.3) is 0 Å². The van der Waals surface area contributed by atoms with Crippen molar-refractivity contribution in [1.82, 2.24) is 9.38 Å². The van der Waals surface area contributed by atoms with Gasteiger partial charge in [0.2, 0.25) is 0 Å². The Morgan fingerprint density at radius 2 is 1.85 bits per heavy atom. The van der Waals surface area contributed by atoms with E-state index in [9.17, 15) is 0 Å². The number of benzene rings is 1. The van der Waals surface area contributed by atoms with E-state index in [0.29, 0.717) is 5.56 Å². The normalized spacial score (nSPS) is 10.7. The number of nitriles is 1. The molecule has 20 heavy (non-hydrogen) atoms. The molecule has 0 spiro atoms. The number of pyridine rings is 1. The average Bonchev–Trinajstić information content (AvgIpc) is 2.85. The van der Waals surface area contributed by atoms with Crippen LogP contribution in [0.15, 0.2) is 42.6 Å². The van der Waals surface area contributed by atoms with Crippen molar-refractivity contribution in [2.45, 2.75) is 20.3 Å². The Kier molecular flexibility index (Phi) is 3.00. The number of aromatic nitrogens is 2. The van der Waals surface area contributed by atoms with E-state index in [1.807, 2.05) is 29.7 Å². The maximum absolute atomic E-state index is 9.06. The van der Waals surface area contributed by atoms with Crippen LogP contribution in [0.2, 0.25) is 0 Å². The Morgan fingerprint density at radius 1 is 1.10 bits per heavy atom. The number of imidazole rings is 1. The average molecular weight is 261 g/mol. The first-order valence-electron chi connectivity index (χ1n) is 6.60. The van der Waals surface area contributed by atoms with Crippen LogP contribution < -0.4 is 0 Å². The molecule has 0 fully saturated rings. The van der Waals surface area contributed by atoms with Crippen LogP contribution in [0.1, 0.15) is 28.1 Å². The standard InChI is InChI=1S/C17H15N3/c1-12-3-5-14(6-4-12)9-16-11-20-13(2)15(10-18)7-8-17(20)19-16/h3-8,11H,9H2,1-2H3. The fourth-order valence-electron chi connectivity index (χ4n) is 2.36. The molecule has 0 saturated heterocycles. The van der Waals surface area contributed by atoms with Crippen LogP contribution in [0.4, 0.5) is 0 Å². The second kappa shape index (κ2) is 4.82. The van der Waals surface area contributed by atoms with Gasteiger partial charge in [-0.3, -0.25) is 0 Å². The molecule has 0 aliphatic heterocycles. The zero-order chi connectivity index (χ0) is 14.1. The van der Waals surface area contributed by atoms with Crippen LogP contribution >= 0.6 is 0 Å². The molecule has 0 N–H and O–H groups in total. The van der Waals surface area contributed by atoms with E-state index in [1.165, 1.54) is 11.1 Å². The summed E-state index contributed by atoms with van der Waals surface area (Å²) in [5.41, 5.74) is 6.05. The highest BCUT2D eigenvalue weighted by Gasteiger charge is 2.07. The zero-order valence-electron chi connectivity index (χ0n) is 11.6. The van der Waals surface area contributed by atoms with Gasteiger partial charge in [-0.1, -0.05) is 29.8 Å². The molecule has 0 saturated carbocycles. The summed E-state index contributed by atoms with van der Waals surface area (Å²) in [7, 11) is 0. The van der Waals surface area contributed by atoms with Crippen LogP contribution in [0, 0.1) is 25.2 Å². The van der Waals surface area contributed by atoms with Crippen LogP contribution in [0.5, 0.6) is 0 Å². The molecule has 1 aromatic carbocycles. The first-order chi connectivity index (χ1) is 9.67. The summed E-state index contributed by atoms with van der Waals surface area (Å²) in [5, 5.41) is 9.06. The molecule has 0 bridgehead atoms. The van der Waals surface area contributed by atoms with Crippen LogP contribution in [-0.4, -0.2) is 9.38 Å². The summed E-state index contributed by atoms with van der Waals surface area (Å²) >= 11 is 0. The molecule has 0 amide bonds. The number of rotatable bonds is 2. The topological polar surface area (TPSA) is 41.1 Å². The Balaban J connectivity index is 1.99. The van der Waals surface area contributed by atoms with Crippen molar-refractivity contribution in [1.29, 1.82) is 5.26 Å². The van der Waals surface area contributed by atoms with Crippen molar-refractivity contribution in [3.05, 3.63) is 70.7 Å². The molecule has 0 unspecified atom stereocenters. The highest BCUT2D eigenvalue weighted by molar-refractivity contribution is 5.48. The Hall–Kier alpha value is -2.60. The van der Waals surface area contributed by atoms with Crippen molar-refractivity contribution in [2.75, 3.05) is 0 Å². The van der Waals surface area contributed by atoms with Gasteiger partial charge in [0.1, 0.15) is 11.7 Å². The third kappa shape index (κ3) is 2.17. The van der Waals surface area contributed by atoms with Crippen molar-refractivity contribution in [3.63, 3.8) is 0 Å². The summed E-state index contributed by atoms with van der Waals surface area (Å²) in [6.07, 6.45) is 2.83. The van der Waals surface area contributed by atoms with Gasteiger partial charge in [-0.25, -0.2) is 4.98 Å². The summed E-state index contributed by atoms with van der Waals surface area (Å²) < 4.78 is 1.99. The van der Waals surface area contributed by atoms with Gasteiger partial charge in [-0.2, -0.15) is 5.26 Å². The van der Waals surface area contributed by atoms with Crippen LogP contribution in [0.25, 0.3) is 5.65 Å². The van der Waals surface area contributed by atoms with Gasteiger partial charge >= 0.3 is 0 Å². The smallest absolute Gasteiger partial charge is 0.137 e. The van der Waals surface area contributed by atoms with Crippen molar-refractivity contribution in [3.8, 4) is 6.07 Å². The largest absolute Gasteiger partial charge is 0.303 e. The van der Waals surface area contributed by atoms with E-state index in [4.69, 9.17) is 5.26 Å². The highest BCUT2D eigenvalue weighted by atomic mass is 15.0. The quantitative estimate of drug-likeness (QED) is 0.709. The third-order valence-corrected chi connectivity index (χ3v) is 3.56. The van der Waals surface area contributed by atoms with Gasteiger partial charge in [0, 0.05) is 18.3 Å². The third-order valence-electron chi connectivity index (χ3n) is 3.56. The Morgan fingerprint density at radius 3 is 2.55 bits per heavy atom. The highest BCUT2D eigenvalue weighted by Crippen LogP contribution is 2.15. The van der Waals surface area contributed by atoms with E-state index in [0.717, 1.165) is 23.5 Å². The van der Waals surface area contributed by atoms with Gasteiger partial charge in [0.05, 0.1) is 11.3 Å². The molecule has 3 aromatic rings. The molecule has 3 nitrogen and oxygen atoms in total. The van der Waals surface area contributed by atoms with Gasteiger partial charge in [0.15, 0.2) is 0 Å². The monoisotopic (exact) mass is 261 g/mol. The molecule has 3 rings (SSSR count). The lowest BCUT2D eigenvalue weighted by Gasteiger charge is -2.00. The minimum Gasteiger partial charge on any atom is -0.303 e. The number of fused-ring (bicyclic) bond motifs is 1. The number of hydrogen-bond donors (Lipinski definition) is 0. The SMILES string of the molecule is Cc1ccc(Cc2cn3c(C)c(C#N)ccc3n2)cc1. The molecule has 0 radical (unpaired) electrons. The van der Waals surface area contributed by atoms with Gasteiger partial charge in [-0.05, 0) is 31.5 Å². The molecule has 3 heteroatoms. The lowest BCUT2D eigenvalue weighted by molar-refractivity contribution is 1.07. The molecule has 0 aliphatic rings. The first-order valence-corrected chi connectivity index (χ1v) is 6.60. The van der Waals surface area contributed by atoms with E-state index < -0.39 is 0 Å². The summed E-state index contributed by atoms with van der Waals surface area (Å²) in [5.74, 6) is 0. The molecular weight excluding hydrogens is 246 g/mol. The Labute approximate surface area is 118 Å². The van der Waals surface area contributed by atoms with E-state index in [1.54, 1.807) is 0 Å². The van der Waals surface area contributed by atoms with E-state index in [2.05, 4.69) is 42.2 Å². The molecule has 2 heterocycles. The minimum atomic E-state index is 0.691. The molecule has 98 valence electrons. The predicted molar refractivity (Wildman–Crippen MR) is 78.6 cm³/mol. The molecule has 2 aromatic heterocycles. The minimum absolute atomic E-state index is 0.691. The maximum atomic E-state index is 9.06. The fourth-order valence-corrected chi connectivity index (χ4v) is 2.36. The number of aryl methyl sites for hydroxylation is 2. The van der Waals surface area contributed by atoms with Gasteiger partial charge in [-0.15, -0.1) is 0 Å². The second-order valence-electron chi connectivity index (χ2n) is 5.07. The van der Waals surface area contributed by atoms with E-state index in [-0.39, 0.29) is 0 Å². The summed E-state index contributed by atoms with van der Waals surface area (Å²) in [6.45, 7) is 4.03. The molecule has 0 atom stereocenters. The van der Waals surface area contributed by atoms with Gasteiger partial charge < -0.3 is 4.40 Å². The Bertz CT molecular complexity index is 805. The van der Waals surface area contributed by atoms with Crippen LogP contribution in [-0.2, 0) is 6.42 Å². The molecule has 0 aliphatic carbocycles. The summed E-state index contributed by atoms with van der Waals surface area (Å²) in [6, 6.07) is 14.4. The fraction of sp³-hybridized carbons (Fsp3) is 0.176. The van der Waals surface area contributed by atoms with Crippen molar-refractivity contribution in [2.24, 2.45) is 0 Å². The lowest BCUT2D eigenvalue weighted by Crippen LogP contribution is -1.93. The van der Waals surface area contributed by atoms with E-state index >= 15 is 0 Å². The first kappa shape index (κ1) is 12.4. The van der Waals surface area contributed by atoms with Crippen molar-refractivity contribution < 1.29 is 0 Å². The van der Waals surface area contributed by atoms with Crippen molar-refractivity contribution >= 4 is 5.65 Å². The molecular formula is C17H15N3. The maximum Gasteiger partial charge on any atom is 0.137 e. The second-order valence-corrected chi connectivity index (χ2v) is 5.07. The summed E-state index contributed by atoms with van der Waals surface area (Å²) in [4.78, 5) is 4.62. The predicted octanol–water partition coefficient (Wildman–Crippen LogP) is 3.41. The lowest BCUT2D eigenvalue weighted by atomic mass is 10.1. The zero-order valence-corrected chi connectivity index (χ0v) is 11.6.